The van der Waals surface area contributed by atoms with Crippen molar-refractivity contribution in [1.82, 2.24) is 9.55 Å². The summed E-state index contributed by atoms with van der Waals surface area (Å²) in [4.78, 5) is 4.84. The molecule has 1 N–H and O–H groups in total. The Kier molecular flexibility index (Phi) is 4.17. The number of ether oxygens (including phenoxy) is 1. The normalized spacial score (nSPS) is 15.6. The van der Waals surface area contributed by atoms with Crippen molar-refractivity contribution in [2.24, 2.45) is 0 Å². The van der Waals surface area contributed by atoms with Crippen molar-refractivity contribution in [2.75, 3.05) is 12.4 Å². The minimum atomic E-state index is -0.0292. The van der Waals surface area contributed by atoms with E-state index in [-0.39, 0.29) is 6.04 Å². The van der Waals surface area contributed by atoms with E-state index in [4.69, 9.17) is 9.72 Å². The molecule has 0 bridgehead atoms. The van der Waals surface area contributed by atoms with Gasteiger partial charge < -0.3 is 10.1 Å². The van der Waals surface area contributed by atoms with Crippen molar-refractivity contribution in [3.8, 4) is 5.75 Å². The van der Waals surface area contributed by atoms with Crippen molar-refractivity contribution >= 4 is 38.6 Å². The van der Waals surface area contributed by atoms with Gasteiger partial charge in [-0.1, -0.05) is 58.4 Å². The Morgan fingerprint density at radius 3 is 2.54 bits per heavy atom. The smallest absolute Gasteiger partial charge is 0.209 e. The van der Waals surface area contributed by atoms with E-state index in [0.29, 0.717) is 0 Å². The first-order valence-electron chi connectivity index (χ1n) is 9.09. The quantitative estimate of drug-likeness (QED) is 0.441. The van der Waals surface area contributed by atoms with Crippen LogP contribution in [0.5, 0.6) is 5.75 Å². The summed E-state index contributed by atoms with van der Waals surface area (Å²) in [6, 6.07) is 24.6. The van der Waals surface area contributed by atoms with Gasteiger partial charge >= 0.3 is 0 Å². The molecule has 1 aliphatic rings. The second-order valence-electron chi connectivity index (χ2n) is 6.69. The number of nitrogens with zero attached hydrogens (tertiary/aromatic N) is 2. The fourth-order valence-electron chi connectivity index (χ4n) is 3.75. The molecule has 1 atom stereocenters. The van der Waals surface area contributed by atoms with Gasteiger partial charge in [0.05, 0.1) is 24.2 Å². The Hall–Kier alpha value is -3.05. The highest BCUT2D eigenvalue weighted by Crippen LogP contribution is 2.39. The molecule has 4 aromatic rings. The van der Waals surface area contributed by atoms with E-state index in [2.05, 4.69) is 56.2 Å². The summed E-state index contributed by atoms with van der Waals surface area (Å²) in [5.41, 5.74) is 5.31. The number of methoxy groups -OCH3 is 1. The number of halogens is 1. The first-order valence-corrected chi connectivity index (χ1v) is 9.88. The van der Waals surface area contributed by atoms with Crippen LogP contribution in [0.1, 0.15) is 17.2 Å². The molecule has 0 radical (unpaired) electrons. The topological polar surface area (TPSA) is 39.1 Å². The van der Waals surface area contributed by atoms with E-state index in [9.17, 15) is 0 Å². The average Bonchev–Trinajstić information content (AvgIpc) is 3.12. The zero-order valence-corrected chi connectivity index (χ0v) is 16.8. The van der Waals surface area contributed by atoms with Crippen LogP contribution in [0, 0.1) is 0 Å². The molecule has 0 saturated carbocycles. The van der Waals surface area contributed by atoms with E-state index in [1.807, 2.05) is 48.5 Å². The SMILES string of the molecule is COc1ccccc1[C@@H]1C=C(c2ccc(Br)cc2)Nc2nc3ccccc3n21. The summed E-state index contributed by atoms with van der Waals surface area (Å²) in [5.74, 6) is 1.70. The second kappa shape index (κ2) is 6.84. The van der Waals surface area contributed by atoms with E-state index < -0.39 is 0 Å². The zero-order chi connectivity index (χ0) is 19.1. The Balaban J connectivity index is 1.74. The lowest BCUT2D eigenvalue weighted by Crippen LogP contribution is -2.19. The van der Waals surface area contributed by atoms with Crippen molar-refractivity contribution in [3.05, 3.63) is 94.5 Å². The second-order valence-corrected chi connectivity index (χ2v) is 7.61. The lowest BCUT2D eigenvalue weighted by atomic mass is 10.00. The minimum absolute atomic E-state index is 0.0292. The molecule has 2 heterocycles. The standard InChI is InChI=1S/C23H18BrN3O/c1-28-22-9-5-2-6-17(22)21-14-19(15-10-12-16(24)13-11-15)26-23-25-18-7-3-4-8-20(18)27(21)23/h2-14,21H,1H3,(H,25,26)/t21-/m0/s1. The van der Waals surface area contributed by atoms with Gasteiger partial charge in [0.15, 0.2) is 0 Å². The molecule has 5 heteroatoms. The summed E-state index contributed by atoms with van der Waals surface area (Å²) in [6.07, 6.45) is 2.24. The van der Waals surface area contributed by atoms with Crippen LogP contribution in [0.15, 0.2) is 83.3 Å². The molecule has 3 aromatic carbocycles. The van der Waals surface area contributed by atoms with Gasteiger partial charge in [-0.05, 0) is 42.0 Å². The molecule has 0 unspecified atom stereocenters. The highest BCUT2D eigenvalue weighted by atomic mass is 79.9. The van der Waals surface area contributed by atoms with Gasteiger partial charge in [-0.15, -0.1) is 0 Å². The molecule has 138 valence electrons. The van der Waals surface area contributed by atoms with Crippen LogP contribution in [0.3, 0.4) is 0 Å². The molecule has 0 fully saturated rings. The molecule has 5 rings (SSSR count). The number of nitrogens with one attached hydrogen (secondary N) is 1. The van der Waals surface area contributed by atoms with Gasteiger partial charge in [0, 0.05) is 15.7 Å². The van der Waals surface area contributed by atoms with Gasteiger partial charge in [-0.2, -0.15) is 0 Å². The summed E-state index contributed by atoms with van der Waals surface area (Å²) >= 11 is 3.51. The Morgan fingerprint density at radius 2 is 1.71 bits per heavy atom. The third-order valence-corrected chi connectivity index (χ3v) is 5.59. The molecular formula is C23H18BrN3O. The maximum absolute atomic E-state index is 5.67. The van der Waals surface area contributed by atoms with Gasteiger partial charge in [0.1, 0.15) is 5.75 Å². The van der Waals surface area contributed by atoms with Crippen LogP contribution in [0.4, 0.5) is 5.95 Å². The van der Waals surface area contributed by atoms with Crippen molar-refractivity contribution < 1.29 is 4.74 Å². The van der Waals surface area contributed by atoms with E-state index in [0.717, 1.165) is 44.0 Å². The van der Waals surface area contributed by atoms with E-state index in [1.165, 1.54) is 0 Å². The number of allylic oxidation sites excluding steroid dienone is 1. The Bertz CT molecular complexity index is 1190. The average molecular weight is 432 g/mol. The third-order valence-electron chi connectivity index (χ3n) is 5.06. The maximum atomic E-state index is 5.67. The monoisotopic (exact) mass is 431 g/mol. The fraction of sp³-hybridized carbons (Fsp3) is 0.0870. The largest absolute Gasteiger partial charge is 0.496 e. The Labute approximate surface area is 171 Å². The summed E-state index contributed by atoms with van der Waals surface area (Å²) in [6.45, 7) is 0. The molecule has 0 aliphatic carbocycles. The van der Waals surface area contributed by atoms with Crippen LogP contribution < -0.4 is 10.1 Å². The Morgan fingerprint density at radius 1 is 0.964 bits per heavy atom. The molecule has 1 aliphatic heterocycles. The van der Waals surface area contributed by atoms with Gasteiger partial charge in [-0.25, -0.2) is 4.98 Å². The van der Waals surface area contributed by atoms with Crippen molar-refractivity contribution in [1.29, 1.82) is 0 Å². The van der Waals surface area contributed by atoms with Crippen LogP contribution in [0.2, 0.25) is 0 Å². The van der Waals surface area contributed by atoms with Gasteiger partial charge in [0.25, 0.3) is 0 Å². The van der Waals surface area contributed by atoms with Crippen LogP contribution in [-0.2, 0) is 0 Å². The highest BCUT2D eigenvalue weighted by Gasteiger charge is 2.27. The first kappa shape index (κ1) is 17.1. The van der Waals surface area contributed by atoms with Crippen molar-refractivity contribution in [3.63, 3.8) is 0 Å². The summed E-state index contributed by atoms with van der Waals surface area (Å²) < 4.78 is 8.96. The number of aromatic nitrogens is 2. The molecule has 28 heavy (non-hydrogen) atoms. The number of rotatable bonds is 3. The molecular weight excluding hydrogens is 414 g/mol. The maximum Gasteiger partial charge on any atom is 0.209 e. The fourth-order valence-corrected chi connectivity index (χ4v) is 4.01. The predicted molar refractivity (Wildman–Crippen MR) is 117 cm³/mol. The number of hydrogen-bond acceptors (Lipinski definition) is 3. The lowest BCUT2D eigenvalue weighted by molar-refractivity contribution is 0.406. The van der Waals surface area contributed by atoms with Gasteiger partial charge in [-0.3, -0.25) is 4.57 Å². The number of fused-ring (bicyclic) bond motifs is 3. The summed E-state index contributed by atoms with van der Waals surface area (Å²) in [5, 5.41) is 3.52. The number of para-hydroxylation sites is 3. The molecule has 0 amide bonds. The predicted octanol–water partition coefficient (Wildman–Crippen LogP) is 5.86. The lowest BCUT2D eigenvalue weighted by Gasteiger charge is -2.27. The number of benzene rings is 3. The number of imidazole rings is 1. The number of anilines is 1. The van der Waals surface area contributed by atoms with Gasteiger partial charge in [0.2, 0.25) is 5.95 Å². The van der Waals surface area contributed by atoms with E-state index >= 15 is 0 Å². The first-order chi connectivity index (χ1) is 13.7. The van der Waals surface area contributed by atoms with Crippen LogP contribution in [-0.4, -0.2) is 16.7 Å². The molecule has 0 spiro atoms. The molecule has 0 saturated heterocycles. The van der Waals surface area contributed by atoms with E-state index in [1.54, 1.807) is 7.11 Å². The minimum Gasteiger partial charge on any atom is -0.496 e. The third kappa shape index (κ3) is 2.79. The molecule has 4 nitrogen and oxygen atoms in total. The highest BCUT2D eigenvalue weighted by molar-refractivity contribution is 9.10. The van der Waals surface area contributed by atoms with Crippen LogP contribution in [0.25, 0.3) is 16.7 Å². The molecule has 1 aromatic heterocycles. The summed E-state index contributed by atoms with van der Waals surface area (Å²) in [7, 11) is 1.71. The number of hydrogen-bond donors (Lipinski definition) is 1. The zero-order valence-electron chi connectivity index (χ0n) is 15.3. The van der Waals surface area contributed by atoms with Crippen LogP contribution >= 0.6 is 15.9 Å². The van der Waals surface area contributed by atoms with Crippen molar-refractivity contribution in [2.45, 2.75) is 6.04 Å².